The zero-order valence-corrected chi connectivity index (χ0v) is 16.5. The molecule has 7 nitrogen and oxygen atoms in total. The maximum atomic E-state index is 13.0. The molecule has 3 aromatic rings. The molecule has 0 saturated heterocycles. The van der Waals surface area contributed by atoms with Gasteiger partial charge in [-0.3, -0.25) is 0 Å². The Morgan fingerprint density at radius 1 is 1.21 bits per heavy atom. The van der Waals surface area contributed by atoms with Gasteiger partial charge in [0.15, 0.2) is 20.7 Å². The fourth-order valence-electron chi connectivity index (χ4n) is 2.96. The van der Waals surface area contributed by atoms with Gasteiger partial charge in [-0.2, -0.15) is 13.2 Å². The van der Waals surface area contributed by atoms with E-state index in [-0.39, 0.29) is 27.8 Å². The lowest BCUT2D eigenvalue weighted by Gasteiger charge is -2.07. The van der Waals surface area contributed by atoms with Crippen LogP contribution in [0.1, 0.15) is 25.4 Å². The van der Waals surface area contributed by atoms with Crippen LogP contribution in [-0.4, -0.2) is 38.3 Å². The number of halogens is 3. The van der Waals surface area contributed by atoms with E-state index in [0.29, 0.717) is 16.9 Å². The number of aromatic nitrogens is 5. The topological polar surface area (TPSA) is 82.7 Å². The second kappa shape index (κ2) is 6.43. The minimum atomic E-state index is -4.61. The third-order valence-corrected chi connectivity index (χ3v) is 6.18. The molecule has 3 heterocycles. The fraction of sp³-hybridized carbons (Fsp3) is 0.353. The molecule has 0 aliphatic rings. The lowest BCUT2D eigenvalue weighted by Crippen LogP contribution is -2.12. The van der Waals surface area contributed by atoms with Gasteiger partial charge in [-0.1, -0.05) is 13.5 Å². The lowest BCUT2D eigenvalue weighted by atomic mass is 10.3. The van der Waals surface area contributed by atoms with Crippen LogP contribution in [-0.2, 0) is 30.1 Å². The van der Waals surface area contributed by atoms with Crippen molar-refractivity contribution in [2.45, 2.75) is 25.0 Å². The maximum absolute atomic E-state index is 13.0. The summed E-state index contributed by atoms with van der Waals surface area (Å²) in [6.07, 6.45) is -3.55. The Bertz CT molecular complexity index is 1210. The Morgan fingerprint density at radius 2 is 1.86 bits per heavy atom. The van der Waals surface area contributed by atoms with E-state index in [1.165, 1.54) is 16.1 Å². The SMILES string of the molecule is C=C(C)c1nc(-c2nc3cc(C(F)(F)F)ncc3n2C)c(S(=O)(=O)CC)n1C. The molecular weight excluding hydrogens is 395 g/mol. The van der Waals surface area contributed by atoms with Gasteiger partial charge in [0.1, 0.15) is 17.2 Å². The number of imidazole rings is 2. The largest absolute Gasteiger partial charge is 0.433 e. The van der Waals surface area contributed by atoms with Gasteiger partial charge in [-0.05, 0) is 18.6 Å². The second-order valence-electron chi connectivity index (χ2n) is 6.38. The fourth-order valence-corrected chi connectivity index (χ4v) is 4.17. The van der Waals surface area contributed by atoms with Crippen LogP contribution in [0.15, 0.2) is 23.9 Å². The van der Waals surface area contributed by atoms with Crippen molar-refractivity contribution in [1.82, 2.24) is 24.1 Å². The first-order valence-corrected chi connectivity index (χ1v) is 9.89. The number of pyridine rings is 1. The first-order chi connectivity index (χ1) is 12.9. The molecule has 0 unspecified atom stereocenters. The summed E-state index contributed by atoms with van der Waals surface area (Å²) in [5.74, 6) is 0.313. The minimum Gasteiger partial charge on any atom is -0.324 e. The molecule has 0 saturated carbocycles. The molecule has 3 rings (SSSR count). The summed E-state index contributed by atoms with van der Waals surface area (Å²) in [4.78, 5) is 12.1. The Morgan fingerprint density at radius 3 is 2.39 bits per heavy atom. The van der Waals surface area contributed by atoms with Crippen LogP contribution < -0.4 is 0 Å². The molecule has 0 fully saturated rings. The zero-order valence-electron chi connectivity index (χ0n) is 15.7. The smallest absolute Gasteiger partial charge is 0.324 e. The summed E-state index contributed by atoms with van der Waals surface area (Å²) in [6, 6.07) is 0.829. The third kappa shape index (κ3) is 3.09. The predicted molar refractivity (Wildman–Crippen MR) is 98.1 cm³/mol. The first-order valence-electron chi connectivity index (χ1n) is 8.23. The number of hydrogen-bond acceptors (Lipinski definition) is 5. The van der Waals surface area contributed by atoms with Crippen molar-refractivity contribution in [2.75, 3.05) is 5.75 Å². The van der Waals surface area contributed by atoms with Crippen molar-refractivity contribution in [2.24, 2.45) is 14.1 Å². The van der Waals surface area contributed by atoms with Crippen molar-refractivity contribution in [3.63, 3.8) is 0 Å². The maximum Gasteiger partial charge on any atom is 0.433 e. The van der Waals surface area contributed by atoms with Gasteiger partial charge in [-0.25, -0.2) is 23.4 Å². The molecule has 28 heavy (non-hydrogen) atoms. The van der Waals surface area contributed by atoms with Crippen LogP contribution in [0.2, 0.25) is 0 Å². The average molecular weight is 413 g/mol. The second-order valence-corrected chi connectivity index (χ2v) is 8.58. The molecule has 11 heteroatoms. The van der Waals surface area contributed by atoms with Crippen LogP contribution in [0.5, 0.6) is 0 Å². The summed E-state index contributed by atoms with van der Waals surface area (Å²) in [5.41, 5.74) is -0.0991. The molecule has 0 aliphatic heterocycles. The number of fused-ring (bicyclic) bond motifs is 1. The van der Waals surface area contributed by atoms with Crippen molar-refractivity contribution in [1.29, 1.82) is 0 Å². The van der Waals surface area contributed by atoms with E-state index in [0.717, 1.165) is 12.3 Å². The molecule has 0 spiro atoms. The lowest BCUT2D eigenvalue weighted by molar-refractivity contribution is -0.141. The van der Waals surface area contributed by atoms with E-state index >= 15 is 0 Å². The highest BCUT2D eigenvalue weighted by atomic mass is 32.2. The summed E-state index contributed by atoms with van der Waals surface area (Å²) in [5, 5.41) is -0.0598. The summed E-state index contributed by atoms with van der Waals surface area (Å²) < 4.78 is 67.1. The van der Waals surface area contributed by atoms with E-state index in [1.54, 1.807) is 21.0 Å². The van der Waals surface area contributed by atoms with Gasteiger partial charge in [0.2, 0.25) is 0 Å². The first kappa shape index (κ1) is 20.1. The van der Waals surface area contributed by atoms with Crippen LogP contribution in [0.25, 0.3) is 28.1 Å². The monoisotopic (exact) mass is 413 g/mol. The summed E-state index contributed by atoms with van der Waals surface area (Å²) >= 11 is 0. The molecule has 0 N–H and O–H groups in total. The Kier molecular flexibility index (Phi) is 4.61. The van der Waals surface area contributed by atoms with E-state index in [4.69, 9.17) is 0 Å². The molecule has 150 valence electrons. The number of alkyl halides is 3. The van der Waals surface area contributed by atoms with E-state index < -0.39 is 21.7 Å². The van der Waals surface area contributed by atoms with Gasteiger partial charge >= 0.3 is 6.18 Å². The number of nitrogens with zero attached hydrogens (tertiary/aromatic N) is 5. The van der Waals surface area contributed by atoms with E-state index in [9.17, 15) is 21.6 Å². The number of aryl methyl sites for hydroxylation is 1. The third-order valence-electron chi connectivity index (χ3n) is 4.37. The Labute approximate surface area is 159 Å². The van der Waals surface area contributed by atoms with Gasteiger partial charge in [0, 0.05) is 14.1 Å². The van der Waals surface area contributed by atoms with Crippen molar-refractivity contribution < 1.29 is 21.6 Å². The highest BCUT2D eigenvalue weighted by Gasteiger charge is 2.34. The normalized spacial score (nSPS) is 12.7. The summed E-state index contributed by atoms with van der Waals surface area (Å²) in [7, 11) is -0.578. The predicted octanol–water partition coefficient (Wildman–Crippen LogP) is 3.21. The molecule has 0 bridgehead atoms. The molecule has 3 aromatic heterocycles. The summed E-state index contributed by atoms with van der Waals surface area (Å²) in [6.45, 7) is 6.99. The number of allylic oxidation sites excluding steroid dienone is 1. The van der Waals surface area contributed by atoms with Gasteiger partial charge < -0.3 is 9.13 Å². The van der Waals surface area contributed by atoms with Crippen LogP contribution in [0.3, 0.4) is 0 Å². The van der Waals surface area contributed by atoms with E-state index in [2.05, 4.69) is 21.5 Å². The quantitative estimate of drug-likeness (QED) is 0.656. The Hall–Kier alpha value is -2.69. The average Bonchev–Trinajstić information content (AvgIpc) is 3.11. The molecule has 0 atom stereocenters. The number of rotatable bonds is 4. The Balaban J connectivity index is 2.35. The van der Waals surface area contributed by atoms with Gasteiger partial charge in [0.25, 0.3) is 0 Å². The molecule has 0 radical (unpaired) electrons. The molecule has 0 aromatic carbocycles. The van der Waals surface area contributed by atoms with Crippen molar-refractivity contribution in [3.8, 4) is 11.5 Å². The van der Waals surface area contributed by atoms with Gasteiger partial charge in [-0.15, -0.1) is 0 Å². The molecule has 0 amide bonds. The van der Waals surface area contributed by atoms with Crippen LogP contribution >= 0.6 is 0 Å². The molecular formula is C17H18F3N5O2S. The van der Waals surface area contributed by atoms with E-state index in [1.807, 2.05) is 0 Å². The van der Waals surface area contributed by atoms with Crippen LogP contribution in [0.4, 0.5) is 13.2 Å². The molecule has 0 aliphatic carbocycles. The van der Waals surface area contributed by atoms with Gasteiger partial charge in [0.05, 0.1) is 23.0 Å². The minimum absolute atomic E-state index is 0.0437. The van der Waals surface area contributed by atoms with Crippen molar-refractivity contribution >= 4 is 26.4 Å². The highest BCUT2D eigenvalue weighted by Crippen LogP contribution is 2.33. The zero-order chi connectivity index (χ0) is 21.0. The van der Waals surface area contributed by atoms with Crippen LogP contribution in [0, 0.1) is 0 Å². The van der Waals surface area contributed by atoms with Crippen molar-refractivity contribution in [3.05, 3.63) is 30.4 Å². The standard InChI is InChI=1S/C17H18F3N5O2S/c1-6-28(26,27)16-13(23-14(9(2)3)25(16)5)15-22-10-7-12(17(18,19)20)21-8-11(10)24(15)4/h7-8H,2,6H2,1,3-5H3. The number of hydrogen-bond donors (Lipinski definition) is 0. The number of sulfone groups is 1. The highest BCUT2D eigenvalue weighted by molar-refractivity contribution is 7.91.